The zero-order chi connectivity index (χ0) is 18.9. The third-order valence-electron chi connectivity index (χ3n) is 5.13. The van der Waals surface area contributed by atoms with Crippen molar-refractivity contribution in [1.82, 2.24) is 9.55 Å². The van der Waals surface area contributed by atoms with Crippen LogP contribution in [0.1, 0.15) is 31.7 Å². The average molecular weight is 360 g/mol. The Bertz CT molecular complexity index is 989. The molecule has 1 aliphatic rings. The minimum absolute atomic E-state index is 0.0369. The molecule has 0 bridgehead atoms. The highest BCUT2D eigenvalue weighted by Crippen LogP contribution is 2.30. The molecule has 138 valence electrons. The second kappa shape index (κ2) is 7.03. The van der Waals surface area contributed by atoms with Crippen molar-refractivity contribution in [2.75, 3.05) is 0 Å². The molecule has 2 aromatic carbocycles. The number of rotatable bonds is 4. The maximum Gasteiger partial charge on any atom is 0.254 e. The summed E-state index contributed by atoms with van der Waals surface area (Å²) < 4.78 is 7.65. The normalized spacial score (nSPS) is 15.2. The Balaban J connectivity index is 1.54. The molecule has 27 heavy (non-hydrogen) atoms. The van der Waals surface area contributed by atoms with Gasteiger partial charge in [-0.1, -0.05) is 44.2 Å². The van der Waals surface area contributed by atoms with Crippen molar-refractivity contribution in [3.63, 3.8) is 0 Å². The minimum Gasteiger partial charge on any atom is -0.489 e. The van der Waals surface area contributed by atoms with Crippen molar-refractivity contribution in [2.24, 2.45) is 5.41 Å². The fourth-order valence-electron chi connectivity index (χ4n) is 3.47. The van der Waals surface area contributed by atoms with E-state index in [1.165, 1.54) is 0 Å². The number of aromatic nitrogens is 2. The molecule has 0 amide bonds. The molecule has 0 fully saturated rings. The van der Waals surface area contributed by atoms with Crippen LogP contribution in [0.5, 0.6) is 5.75 Å². The van der Waals surface area contributed by atoms with E-state index in [2.05, 4.69) is 13.8 Å². The van der Waals surface area contributed by atoms with Crippen LogP contribution in [0.25, 0.3) is 11.3 Å². The summed E-state index contributed by atoms with van der Waals surface area (Å²) in [5.41, 5.74) is 3.03. The lowest BCUT2D eigenvalue weighted by Crippen LogP contribution is -2.34. The van der Waals surface area contributed by atoms with Gasteiger partial charge in [0.25, 0.3) is 5.56 Å². The van der Waals surface area contributed by atoms with Gasteiger partial charge in [-0.05, 0) is 41.7 Å². The first kappa shape index (κ1) is 17.5. The van der Waals surface area contributed by atoms with E-state index in [1.54, 1.807) is 6.07 Å². The highest BCUT2D eigenvalue weighted by molar-refractivity contribution is 5.59. The highest BCUT2D eigenvalue weighted by atomic mass is 16.5. The van der Waals surface area contributed by atoms with Crippen LogP contribution in [0.4, 0.5) is 0 Å². The van der Waals surface area contributed by atoms with E-state index < -0.39 is 0 Å². The summed E-state index contributed by atoms with van der Waals surface area (Å²) >= 11 is 0. The molecule has 0 radical (unpaired) electrons. The maximum absolute atomic E-state index is 12.5. The quantitative estimate of drug-likeness (QED) is 0.690. The summed E-state index contributed by atoms with van der Waals surface area (Å²) in [6.07, 6.45) is 1.84. The molecule has 4 rings (SSSR count). The molecule has 0 spiro atoms. The molecule has 0 saturated carbocycles. The first-order valence-electron chi connectivity index (χ1n) is 9.38. The molecule has 0 aliphatic carbocycles. The molecule has 4 heteroatoms. The lowest BCUT2D eigenvalue weighted by atomic mass is 9.83. The summed E-state index contributed by atoms with van der Waals surface area (Å²) in [5, 5.41) is 0. The Hall–Kier alpha value is -2.88. The van der Waals surface area contributed by atoms with Crippen LogP contribution >= 0.6 is 0 Å². The van der Waals surface area contributed by atoms with Gasteiger partial charge in [0.05, 0.1) is 5.69 Å². The predicted molar refractivity (Wildman–Crippen MR) is 107 cm³/mol. The van der Waals surface area contributed by atoms with Crippen molar-refractivity contribution < 1.29 is 4.74 Å². The SMILES string of the molecule is CC1(C)CCn2c(nc(-c3ccc(OCc4ccccc4)cc3)cc2=O)C1. The molecule has 0 atom stereocenters. The van der Waals surface area contributed by atoms with Crippen molar-refractivity contribution >= 4 is 0 Å². The van der Waals surface area contributed by atoms with Gasteiger partial charge in [0.15, 0.2) is 0 Å². The summed E-state index contributed by atoms with van der Waals surface area (Å²) in [6.45, 7) is 5.75. The molecule has 1 aromatic heterocycles. The zero-order valence-electron chi connectivity index (χ0n) is 15.8. The van der Waals surface area contributed by atoms with E-state index >= 15 is 0 Å². The molecule has 3 aromatic rings. The first-order valence-corrected chi connectivity index (χ1v) is 9.38. The van der Waals surface area contributed by atoms with Crippen LogP contribution in [-0.2, 0) is 19.6 Å². The second-order valence-corrected chi connectivity index (χ2v) is 7.94. The van der Waals surface area contributed by atoms with Gasteiger partial charge < -0.3 is 4.74 Å². The summed E-state index contributed by atoms with van der Waals surface area (Å²) in [5.74, 6) is 1.69. The van der Waals surface area contributed by atoms with E-state index in [0.29, 0.717) is 6.61 Å². The number of benzene rings is 2. The van der Waals surface area contributed by atoms with Crippen molar-refractivity contribution in [3.05, 3.63) is 82.4 Å². The standard InChI is InChI=1S/C23H24N2O2/c1-23(2)12-13-25-21(15-23)24-20(14-22(25)26)18-8-10-19(11-9-18)27-16-17-6-4-3-5-7-17/h3-11,14H,12-13,15-16H2,1-2H3. The molecule has 4 nitrogen and oxygen atoms in total. The van der Waals surface area contributed by atoms with Gasteiger partial charge in [-0.2, -0.15) is 0 Å². The van der Waals surface area contributed by atoms with Crippen LogP contribution in [0.15, 0.2) is 65.5 Å². The lowest BCUT2D eigenvalue weighted by molar-refractivity contribution is 0.260. The number of hydrogen-bond donors (Lipinski definition) is 0. The van der Waals surface area contributed by atoms with E-state index in [0.717, 1.165) is 47.8 Å². The Morgan fingerprint density at radius 2 is 1.81 bits per heavy atom. The van der Waals surface area contributed by atoms with Crippen LogP contribution in [0, 0.1) is 5.41 Å². The predicted octanol–water partition coefficient (Wildman–Crippen LogP) is 4.46. The fraction of sp³-hybridized carbons (Fsp3) is 0.304. The van der Waals surface area contributed by atoms with Gasteiger partial charge in [0.1, 0.15) is 18.2 Å². The summed E-state index contributed by atoms with van der Waals surface area (Å²) in [7, 11) is 0. The Morgan fingerprint density at radius 3 is 2.56 bits per heavy atom. The van der Waals surface area contributed by atoms with Gasteiger partial charge in [0.2, 0.25) is 0 Å². The lowest BCUT2D eigenvalue weighted by Gasteiger charge is -2.31. The number of ether oxygens (including phenoxy) is 1. The van der Waals surface area contributed by atoms with E-state index in [9.17, 15) is 4.79 Å². The highest BCUT2D eigenvalue weighted by Gasteiger charge is 2.27. The monoisotopic (exact) mass is 360 g/mol. The summed E-state index contributed by atoms with van der Waals surface area (Å²) in [4.78, 5) is 17.3. The van der Waals surface area contributed by atoms with Crippen molar-refractivity contribution in [2.45, 2.75) is 39.8 Å². The first-order chi connectivity index (χ1) is 13.0. The molecule has 0 saturated heterocycles. The Kier molecular flexibility index (Phi) is 4.56. The van der Waals surface area contributed by atoms with Gasteiger partial charge >= 0.3 is 0 Å². The van der Waals surface area contributed by atoms with Gasteiger partial charge in [-0.3, -0.25) is 9.36 Å². The van der Waals surface area contributed by atoms with E-state index in [4.69, 9.17) is 9.72 Å². The van der Waals surface area contributed by atoms with E-state index in [1.807, 2.05) is 59.2 Å². The van der Waals surface area contributed by atoms with Gasteiger partial charge in [0, 0.05) is 24.6 Å². The largest absolute Gasteiger partial charge is 0.489 e. The molecular formula is C23H24N2O2. The molecule has 1 aliphatic heterocycles. The van der Waals surface area contributed by atoms with E-state index in [-0.39, 0.29) is 11.0 Å². The fourth-order valence-corrected chi connectivity index (χ4v) is 3.47. The van der Waals surface area contributed by atoms with Crippen LogP contribution < -0.4 is 10.3 Å². The Labute approximate surface area is 159 Å². The molecule has 2 heterocycles. The second-order valence-electron chi connectivity index (χ2n) is 7.94. The van der Waals surface area contributed by atoms with Crippen molar-refractivity contribution in [1.29, 1.82) is 0 Å². The number of hydrogen-bond acceptors (Lipinski definition) is 3. The van der Waals surface area contributed by atoms with Gasteiger partial charge in [-0.25, -0.2) is 4.98 Å². The topological polar surface area (TPSA) is 44.1 Å². The molecule has 0 N–H and O–H groups in total. The van der Waals surface area contributed by atoms with Crippen LogP contribution in [0.3, 0.4) is 0 Å². The smallest absolute Gasteiger partial charge is 0.254 e. The zero-order valence-corrected chi connectivity index (χ0v) is 15.8. The van der Waals surface area contributed by atoms with Gasteiger partial charge in [-0.15, -0.1) is 0 Å². The summed E-state index contributed by atoms with van der Waals surface area (Å²) in [6, 6.07) is 19.5. The van der Waals surface area contributed by atoms with Crippen molar-refractivity contribution in [3.8, 4) is 17.0 Å². The Morgan fingerprint density at radius 1 is 1.07 bits per heavy atom. The van der Waals surface area contributed by atoms with Crippen LogP contribution in [0.2, 0.25) is 0 Å². The minimum atomic E-state index is 0.0369. The maximum atomic E-state index is 12.5. The van der Waals surface area contributed by atoms with Crippen LogP contribution in [-0.4, -0.2) is 9.55 Å². The number of nitrogens with zero attached hydrogens (tertiary/aromatic N) is 2. The average Bonchev–Trinajstić information content (AvgIpc) is 2.66. The molecular weight excluding hydrogens is 336 g/mol. The molecule has 0 unspecified atom stereocenters. The third-order valence-corrected chi connectivity index (χ3v) is 5.13. The third kappa shape index (κ3) is 3.95. The number of fused-ring (bicyclic) bond motifs is 1.